The van der Waals surface area contributed by atoms with Crippen LogP contribution >= 0.6 is 0 Å². The molecule has 0 fully saturated rings. The van der Waals surface area contributed by atoms with E-state index in [1.54, 1.807) is 12.1 Å². The van der Waals surface area contributed by atoms with Gasteiger partial charge in [0.25, 0.3) is 5.56 Å². The monoisotopic (exact) mass is 444 g/mol. The molecule has 11 heteroatoms. The molecular formula is C21H24N4O7. The van der Waals surface area contributed by atoms with Crippen LogP contribution in [0.5, 0.6) is 23.1 Å². The number of allylic oxidation sites excluding steroid dienone is 1. The van der Waals surface area contributed by atoms with E-state index in [0.717, 1.165) is 4.57 Å². The molecule has 1 aromatic heterocycles. The quantitative estimate of drug-likeness (QED) is 0.612. The largest absolute Gasteiger partial charge is 0.494 e. The smallest absolute Gasteiger partial charge is 0.331 e. The van der Waals surface area contributed by atoms with Gasteiger partial charge in [-0.2, -0.15) is 5.10 Å². The molecule has 1 aliphatic heterocycles. The van der Waals surface area contributed by atoms with Gasteiger partial charge in [-0.1, -0.05) is 6.08 Å². The van der Waals surface area contributed by atoms with Crippen molar-refractivity contribution in [1.82, 2.24) is 14.6 Å². The molecule has 2 N–H and O–H groups in total. The second-order valence-corrected chi connectivity index (χ2v) is 6.95. The fourth-order valence-corrected chi connectivity index (χ4v) is 3.62. The van der Waals surface area contributed by atoms with E-state index in [1.807, 2.05) is 0 Å². The number of hydrogen-bond acceptors (Lipinski definition) is 8. The maximum atomic E-state index is 12.5. The number of rotatable bonds is 7. The Labute approximate surface area is 183 Å². The van der Waals surface area contributed by atoms with Gasteiger partial charge < -0.3 is 19.3 Å². The van der Waals surface area contributed by atoms with Crippen molar-refractivity contribution in [1.29, 1.82) is 0 Å². The number of methoxy groups -OCH3 is 3. The first-order chi connectivity index (χ1) is 15.3. The lowest BCUT2D eigenvalue weighted by atomic mass is 9.98. The van der Waals surface area contributed by atoms with Gasteiger partial charge in [0.05, 0.1) is 33.1 Å². The second-order valence-electron chi connectivity index (χ2n) is 6.95. The molecule has 0 bridgehead atoms. The normalized spacial score (nSPS) is 15.3. The second kappa shape index (κ2) is 9.00. The van der Waals surface area contributed by atoms with Crippen molar-refractivity contribution >= 4 is 11.6 Å². The molecule has 0 radical (unpaired) electrons. The predicted octanol–water partition coefficient (Wildman–Crippen LogP) is 1.15. The van der Waals surface area contributed by atoms with Gasteiger partial charge in [-0.15, -0.1) is 6.58 Å². The lowest BCUT2D eigenvalue weighted by Crippen LogP contribution is -2.33. The van der Waals surface area contributed by atoms with Gasteiger partial charge >= 0.3 is 5.69 Å². The van der Waals surface area contributed by atoms with Crippen LogP contribution < -0.4 is 25.5 Å². The number of ether oxygens (including phenoxy) is 3. The Kier molecular flexibility index (Phi) is 6.37. The molecule has 0 saturated heterocycles. The minimum Gasteiger partial charge on any atom is -0.494 e. The molecule has 1 aromatic carbocycles. The highest BCUT2D eigenvalue weighted by Crippen LogP contribution is 2.43. The van der Waals surface area contributed by atoms with E-state index >= 15 is 0 Å². The minimum atomic E-state index is -0.805. The molecule has 2 heterocycles. The van der Waals surface area contributed by atoms with E-state index in [-0.39, 0.29) is 30.1 Å². The van der Waals surface area contributed by atoms with E-state index in [9.17, 15) is 19.5 Å². The van der Waals surface area contributed by atoms with Gasteiger partial charge in [0, 0.05) is 19.9 Å². The molecule has 0 aliphatic carbocycles. The maximum absolute atomic E-state index is 12.5. The average molecular weight is 444 g/mol. The van der Waals surface area contributed by atoms with Crippen molar-refractivity contribution in [2.75, 3.05) is 21.3 Å². The van der Waals surface area contributed by atoms with Crippen LogP contribution in [0, 0.1) is 0 Å². The summed E-state index contributed by atoms with van der Waals surface area (Å²) in [6, 6.07) is 2.75. The number of amides is 1. The average Bonchev–Trinajstić information content (AvgIpc) is 3.20. The fraction of sp³-hybridized carbons (Fsp3) is 0.333. The molecule has 170 valence electrons. The zero-order valence-electron chi connectivity index (χ0n) is 18.2. The van der Waals surface area contributed by atoms with Gasteiger partial charge in [-0.3, -0.25) is 19.1 Å². The van der Waals surface area contributed by atoms with Crippen LogP contribution in [0.4, 0.5) is 0 Å². The highest BCUT2D eigenvalue weighted by molar-refractivity contribution is 6.04. The van der Waals surface area contributed by atoms with Crippen molar-refractivity contribution in [3.05, 3.63) is 56.8 Å². The molecule has 1 atom stereocenters. The number of hydrogen-bond donors (Lipinski definition) is 2. The van der Waals surface area contributed by atoms with E-state index in [4.69, 9.17) is 14.2 Å². The Balaban J connectivity index is 2.13. The van der Waals surface area contributed by atoms with E-state index < -0.39 is 23.2 Å². The van der Waals surface area contributed by atoms with Crippen molar-refractivity contribution in [3.8, 4) is 23.1 Å². The Morgan fingerprint density at radius 3 is 2.38 bits per heavy atom. The van der Waals surface area contributed by atoms with Crippen LogP contribution in [0.1, 0.15) is 30.5 Å². The van der Waals surface area contributed by atoms with Gasteiger partial charge in [-0.25, -0.2) is 9.80 Å². The summed E-state index contributed by atoms with van der Waals surface area (Å²) in [4.78, 5) is 39.1. The Hall–Kier alpha value is -4.02. The number of benzene rings is 1. The van der Waals surface area contributed by atoms with Crippen LogP contribution in [-0.4, -0.2) is 52.6 Å². The van der Waals surface area contributed by atoms with Gasteiger partial charge in [0.15, 0.2) is 11.5 Å². The SMILES string of the molecule is C=CCn1c(O)c(C2=NN(C(C)=O)C(c3cc(OC)c(OC)c(OC)c3)C2)c(=O)[nH]c1=O. The third kappa shape index (κ3) is 3.84. The molecule has 1 aliphatic rings. The van der Waals surface area contributed by atoms with Crippen LogP contribution in [-0.2, 0) is 11.3 Å². The number of aromatic nitrogens is 2. The van der Waals surface area contributed by atoms with Crippen molar-refractivity contribution in [3.63, 3.8) is 0 Å². The fourth-order valence-electron chi connectivity index (χ4n) is 3.62. The Bertz CT molecular complexity index is 1190. The van der Waals surface area contributed by atoms with Crippen LogP contribution in [0.2, 0.25) is 0 Å². The number of carbonyl (C=O) groups excluding carboxylic acids is 1. The summed E-state index contributed by atoms with van der Waals surface area (Å²) in [7, 11) is 4.42. The molecule has 11 nitrogen and oxygen atoms in total. The summed E-state index contributed by atoms with van der Waals surface area (Å²) in [6.45, 7) is 4.86. The Morgan fingerprint density at radius 1 is 1.25 bits per heavy atom. The molecule has 32 heavy (non-hydrogen) atoms. The highest BCUT2D eigenvalue weighted by Gasteiger charge is 2.35. The van der Waals surface area contributed by atoms with Crippen molar-refractivity contribution < 1.29 is 24.1 Å². The van der Waals surface area contributed by atoms with Gasteiger partial charge in [0.2, 0.25) is 17.5 Å². The van der Waals surface area contributed by atoms with Crippen molar-refractivity contribution in [2.45, 2.75) is 25.9 Å². The number of nitrogens with one attached hydrogen (secondary N) is 1. The highest BCUT2D eigenvalue weighted by atomic mass is 16.5. The first-order valence-corrected chi connectivity index (χ1v) is 9.61. The summed E-state index contributed by atoms with van der Waals surface area (Å²) < 4.78 is 17.1. The molecule has 0 saturated carbocycles. The van der Waals surface area contributed by atoms with Gasteiger partial charge in [0.1, 0.15) is 5.56 Å². The number of aromatic amines is 1. The molecule has 1 amide bonds. The molecule has 2 aromatic rings. The minimum absolute atomic E-state index is 0.0194. The third-order valence-corrected chi connectivity index (χ3v) is 5.08. The topological polar surface area (TPSA) is 135 Å². The lowest BCUT2D eigenvalue weighted by molar-refractivity contribution is -0.130. The van der Waals surface area contributed by atoms with Crippen LogP contribution in [0.25, 0.3) is 0 Å². The zero-order chi connectivity index (χ0) is 23.6. The summed E-state index contributed by atoms with van der Waals surface area (Å²) >= 11 is 0. The first kappa shape index (κ1) is 22.7. The number of aromatic hydroxyl groups is 1. The summed E-state index contributed by atoms with van der Waals surface area (Å²) in [5.41, 5.74) is -1.01. The molecule has 3 rings (SSSR count). The zero-order valence-corrected chi connectivity index (χ0v) is 18.2. The van der Waals surface area contributed by atoms with Crippen LogP contribution in [0.3, 0.4) is 0 Å². The number of carbonyl (C=O) groups is 1. The van der Waals surface area contributed by atoms with Gasteiger partial charge in [-0.05, 0) is 17.7 Å². The lowest BCUT2D eigenvalue weighted by Gasteiger charge is -2.22. The Morgan fingerprint density at radius 2 is 1.88 bits per heavy atom. The van der Waals surface area contributed by atoms with Crippen LogP contribution in [0.15, 0.2) is 39.5 Å². The maximum Gasteiger partial charge on any atom is 0.331 e. The number of hydrazone groups is 1. The number of H-pyrrole nitrogens is 1. The standard InChI is InChI=1S/C21H24N4O7/c1-6-7-24-20(28)17(19(27)22-21(24)29)13-10-14(25(23-13)11(2)26)12-8-15(30-3)18(32-5)16(9-12)31-4/h6,8-9,14,28H,1,7,10H2,2-5H3,(H,22,27,29). The third-order valence-electron chi connectivity index (χ3n) is 5.08. The van der Waals surface area contributed by atoms with Crippen molar-refractivity contribution in [2.24, 2.45) is 5.10 Å². The molecule has 1 unspecified atom stereocenters. The van der Waals surface area contributed by atoms with E-state index in [1.165, 1.54) is 39.3 Å². The summed E-state index contributed by atoms with van der Waals surface area (Å²) in [5.74, 6) is 0.233. The summed E-state index contributed by atoms with van der Waals surface area (Å²) in [5, 5.41) is 16.1. The first-order valence-electron chi connectivity index (χ1n) is 9.61. The van der Waals surface area contributed by atoms with E-state index in [2.05, 4.69) is 16.7 Å². The molecular weight excluding hydrogens is 420 g/mol. The summed E-state index contributed by atoms with van der Waals surface area (Å²) in [6.07, 6.45) is 1.50. The predicted molar refractivity (Wildman–Crippen MR) is 116 cm³/mol. The number of nitrogens with zero attached hydrogens (tertiary/aromatic N) is 3. The molecule has 0 spiro atoms. The van der Waals surface area contributed by atoms with E-state index in [0.29, 0.717) is 22.8 Å².